The number of rotatable bonds is 7. The minimum Gasteiger partial charge on any atom is -0.350 e. The molecule has 0 aromatic heterocycles. The van der Waals surface area contributed by atoms with Crippen molar-refractivity contribution in [2.24, 2.45) is 0 Å². The molecule has 3 N–H and O–H groups in total. The minimum atomic E-state index is -4.57. The zero-order valence-corrected chi connectivity index (χ0v) is 21.7. The summed E-state index contributed by atoms with van der Waals surface area (Å²) >= 11 is 0. The van der Waals surface area contributed by atoms with Crippen molar-refractivity contribution in [2.75, 3.05) is 57.7 Å². The van der Waals surface area contributed by atoms with E-state index >= 15 is 0 Å². The van der Waals surface area contributed by atoms with Gasteiger partial charge in [-0.2, -0.15) is 13.2 Å². The van der Waals surface area contributed by atoms with Crippen LogP contribution in [0.1, 0.15) is 22.3 Å². The molecule has 2 saturated heterocycles. The van der Waals surface area contributed by atoms with E-state index in [0.29, 0.717) is 51.4 Å². The Kier molecular flexibility index (Phi) is 9.25. The highest BCUT2D eigenvalue weighted by Crippen LogP contribution is 2.29. The molecule has 5 amide bonds. The number of piperazine rings is 1. The SMILES string of the molecule is O=C(CNC(=O)c1cccc(C(F)(F)F)c1)N[C@@H]1CCN(CC(=O)N2CCN(C(=O)Nc3ccccc3)CC2)C1. The number of nitrogens with one attached hydrogen (secondary N) is 3. The van der Waals surface area contributed by atoms with Crippen LogP contribution >= 0.6 is 0 Å². The van der Waals surface area contributed by atoms with Gasteiger partial charge in [0.15, 0.2) is 0 Å². The molecule has 0 radical (unpaired) electrons. The molecule has 2 aromatic carbocycles. The highest BCUT2D eigenvalue weighted by atomic mass is 19.4. The quantitative estimate of drug-likeness (QED) is 0.480. The lowest BCUT2D eigenvalue weighted by atomic mass is 10.1. The molecule has 10 nitrogen and oxygen atoms in total. The maximum atomic E-state index is 12.9. The van der Waals surface area contributed by atoms with Gasteiger partial charge in [0, 0.05) is 56.6 Å². The van der Waals surface area contributed by atoms with Gasteiger partial charge in [-0.15, -0.1) is 0 Å². The van der Waals surface area contributed by atoms with E-state index in [1.807, 2.05) is 23.1 Å². The number of likely N-dealkylation sites (tertiary alicyclic amines) is 1. The molecule has 214 valence electrons. The fraction of sp³-hybridized carbons (Fsp3) is 0.407. The number of benzene rings is 2. The van der Waals surface area contributed by atoms with Crippen molar-refractivity contribution in [3.63, 3.8) is 0 Å². The molecule has 40 heavy (non-hydrogen) atoms. The number of anilines is 1. The van der Waals surface area contributed by atoms with E-state index in [9.17, 15) is 32.3 Å². The molecule has 0 spiro atoms. The molecule has 2 aromatic rings. The van der Waals surface area contributed by atoms with Crippen molar-refractivity contribution < 1.29 is 32.3 Å². The van der Waals surface area contributed by atoms with Crippen LogP contribution in [0, 0.1) is 0 Å². The van der Waals surface area contributed by atoms with Crippen molar-refractivity contribution in [3.05, 3.63) is 65.7 Å². The number of urea groups is 1. The Bertz CT molecular complexity index is 1220. The first-order valence-electron chi connectivity index (χ1n) is 12.9. The summed E-state index contributed by atoms with van der Waals surface area (Å²) in [6, 6.07) is 12.7. The molecule has 0 saturated carbocycles. The fourth-order valence-corrected chi connectivity index (χ4v) is 4.65. The number of para-hydroxylation sites is 1. The number of carbonyl (C=O) groups excluding carboxylic acids is 4. The third-order valence-corrected chi connectivity index (χ3v) is 6.80. The van der Waals surface area contributed by atoms with Crippen LogP contribution in [0.15, 0.2) is 54.6 Å². The second-order valence-corrected chi connectivity index (χ2v) is 9.71. The lowest BCUT2D eigenvalue weighted by molar-refractivity contribution is -0.137. The van der Waals surface area contributed by atoms with Crippen molar-refractivity contribution in [1.29, 1.82) is 0 Å². The lowest BCUT2D eigenvalue weighted by Gasteiger charge is -2.35. The predicted octanol–water partition coefficient (Wildman–Crippen LogP) is 2.00. The van der Waals surface area contributed by atoms with Gasteiger partial charge in [-0.1, -0.05) is 24.3 Å². The van der Waals surface area contributed by atoms with Crippen molar-refractivity contribution >= 4 is 29.4 Å². The Hall–Kier alpha value is -4.13. The van der Waals surface area contributed by atoms with E-state index in [1.54, 1.807) is 21.9 Å². The molecule has 13 heteroatoms. The molecule has 0 aliphatic carbocycles. The monoisotopic (exact) mass is 560 g/mol. The largest absolute Gasteiger partial charge is 0.416 e. The summed E-state index contributed by atoms with van der Waals surface area (Å²) in [7, 11) is 0. The van der Waals surface area contributed by atoms with Gasteiger partial charge in [0.2, 0.25) is 11.8 Å². The maximum Gasteiger partial charge on any atom is 0.416 e. The normalized spacial score (nSPS) is 17.8. The van der Waals surface area contributed by atoms with E-state index in [2.05, 4.69) is 16.0 Å². The second-order valence-electron chi connectivity index (χ2n) is 9.71. The van der Waals surface area contributed by atoms with Crippen LogP contribution < -0.4 is 16.0 Å². The van der Waals surface area contributed by atoms with E-state index < -0.39 is 23.6 Å². The number of carbonyl (C=O) groups is 4. The van der Waals surface area contributed by atoms with E-state index in [1.165, 1.54) is 6.07 Å². The van der Waals surface area contributed by atoms with Gasteiger partial charge in [-0.3, -0.25) is 19.3 Å². The average molecular weight is 561 g/mol. The summed E-state index contributed by atoms with van der Waals surface area (Å²) < 4.78 is 38.6. The Labute approximate surface area is 229 Å². The van der Waals surface area contributed by atoms with Gasteiger partial charge in [-0.05, 0) is 36.8 Å². The van der Waals surface area contributed by atoms with Crippen LogP contribution in [0.25, 0.3) is 0 Å². The van der Waals surface area contributed by atoms with Crippen LogP contribution in [0.5, 0.6) is 0 Å². The Morgan fingerprint density at radius 1 is 0.875 bits per heavy atom. The van der Waals surface area contributed by atoms with Crippen LogP contribution in [-0.4, -0.2) is 96.9 Å². The maximum absolute atomic E-state index is 12.9. The van der Waals surface area contributed by atoms with Crippen molar-refractivity contribution in [2.45, 2.75) is 18.6 Å². The highest BCUT2D eigenvalue weighted by molar-refractivity contribution is 5.96. The summed E-state index contributed by atoms with van der Waals surface area (Å²) in [5.41, 5.74) is -0.425. The van der Waals surface area contributed by atoms with Crippen molar-refractivity contribution in [1.82, 2.24) is 25.3 Å². The molecule has 0 unspecified atom stereocenters. The van der Waals surface area contributed by atoms with E-state index in [-0.39, 0.29) is 36.6 Å². The lowest BCUT2D eigenvalue weighted by Crippen LogP contribution is -2.53. The molecule has 2 aliphatic heterocycles. The standard InChI is InChI=1S/C27H31F3N6O4/c28-27(29,30)20-6-4-5-19(15-20)25(39)31-16-23(37)32-22-9-10-34(17-22)18-24(38)35-11-13-36(14-12-35)26(40)33-21-7-2-1-3-8-21/h1-8,15,22H,9-14,16-18H2,(H,31,39)(H,32,37)(H,33,40)/t22-/m1/s1. The molecule has 2 heterocycles. The number of alkyl halides is 3. The number of amides is 5. The Morgan fingerprint density at radius 3 is 2.27 bits per heavy atom. The molecular weight excluding hydrogens is 529 g/mol. The smallest absolute Gasteiger partial charge is 0.350 e. The zero-order chi connectivity index (χ0) is 28.7. The third kappa shape index (κ3) is 7.94. The van der Waals surface area contributed by atoms with Gasteiger partial charge in [-0.25, -0.2) is 4.79 Å². The van der Waals surface area contributed by atoms with E-state index in [4.69, 9.17) is 0 Å². The molecule has 4 rings (SSSR count). The first-order valence-corrected chi connectivity index (χ1v) is 12.9. The fourth-order valence-electron chi connectivity index (χ4n) is 4.65. The summed E-state index contributed by atoms with van der Waals surface area (Å²) in [5, 5.41) is 7.97. The van der Waals surface area contributed by atoms with Crippen LogP contribution in [0.3, 0.4) is 0 Å². The van der Waals surface area contributed by atoms with Gasteiger partial charge < -0.3 is 25.8 Å². The number of nitrogens with zero attached hydrogens (tertiary/aromatic N) is 3. The van der Waals surface area contributed by atoms with Gasteiger partial charge >= 0.3 is 12.2 Å². The summed E-state index contributed by atoms with van der Waals surface area (Å²) in [4.78, 5) is 55.1. The van der Waals surface area contributed by atoms with Crippen molar-refractivity contribution in [3.8, 4) is 0 Å². The molecular formula is C27H31F3N6O4. The van der Waals surface area contributed by atoms with Crippen LogP contribution in [-0.2, 0) is 15.8 Å². The van der Waals surface area contributed by atoms with Crippen LogP contribution in [0.4, 0.5) is 23.7 Å². The molecule has 2 aliphatic rings. The number of hydrogen-bond donors (Lipinski definition) is 3. The Balaban J connectivity index is 1.14. The topological polar surface area (TPSA) is 114 Å². The Morgan fingerprint density at radius 2 is 1.57 bits per heavy atom. The zero-order valence-electron chi connectivity index (χ0n) is 21.7. The van der Waals surface area contributed by atoms with Gasteiger partial charge in [0.25, 0.3) is 5.91 Å². The molecule has 2 fully saturated rings. The summed E-state index contributed by atoms with van der Waals surface area (Å²) in [6.07, 6.45) is -3.95. The number of halogens is 3. The average Bonchev–Trinajstić information content (AvgIpc) is 3.38. The predicted molar refractivity (Wildman–Crippen MR) is 140 cm³/mol. The number of hydrogen-bond acceptors (Lipinski definition) is 5. The minimum absolute atomic E-state index is 0.0524. The van der Waals surface area contributed by atoms with Crippen LogP contribution in [0.2, 0.25) is 0 Å². The summed E-state index contributed by atoms with van der Waals surface area (Å²) in [5.74, 6) is -1.30. The van der Waals surface area contributed by atoms with Gasteiger partial charge in [0.1, 0.15) is 0 Å². The first kappa shape index (κ1) is 28.9. The third-order valence-electron chi connectivity index (χ3n) is 6.80. The molecule has 1 atom stereocenters. The van der Waals surface area contributed by atoms with Gasteiger partial charge in [0.05, 0.1) is 18.7 Å². The summed E-state index contributed by atoms with van der Waals surface area (Å²) in [6.45, 7) is 2.58. The molecule has 0 bridgehead atoms. The second kappa shape index (κ2) is 12.8. The first-order chi connectivity index (χ1) is 19.1. The highest BCUT2D eigenvalue weighted by Gasteiger charge is 2.31. The van der Waals surface area contributed by atoms with E-state index in [0.717, 1.165) is 18.2 Å².